The van der Waals surface area contributed by atoms with Gasteiger partial charge in [0.2, 0.25) is 0 Å². The molecule has 3 aromatic rings. The Morgan fingerprint density at radius 3 is 2.80 bits per heavy atom. The van der Waals surface area contributed by atoms with Crippen LogP contribution >= 0.6 is 15.9 Å². The van der Waals surface area contributed by atoms with Crippen molar-refractivity contribution in [1.82, 2.24) is 4.98 Å². The van der Waals surface area contributed by atoms with Crippen LogP contribution in [-0.4, -0.2) is 4.98 Å². The van der Waals surface area contributed by atoms with E-state index < -0.39 is 0 Å². The molecule has 1 aromatic heterocycles. The first kappa shape index (κ1) is 12.9. The maximum atomic E-state index is 6.19. The quantitative estimate of drug-likeness (QED) is 0.695. The third-order valence-corrected chi connectivity index (χ3v) is 3.69. The molecule has 0 saturated heterocycles. The second-order valence-corrected chi connectivity index (χ2v) is 5.50. The van der Waals surface area contributed by atoms with Crippen LogP contribution in [0.15, 0.2) is 53.3 Å². The Balaban J connectivity index is 2.07. The van der Waals surface area contributed by atoms with Crippen molar-refractivity contribution >= 4 is 32.4 Å². The molecule has 1 heterocycles. The number of nitrogens with zero attached hydrogens (tertiary/aromatic N) is 1. The lowest BCUT2D eigenvalue weighted by molar-refractivity contribution is 0.481. The van der Waals surface area contributed by atoms with Gasteiger partial charge in [0.15, 0.2) is 5.75 Å². The third-order valence-electron chi connectivity index (χ3n) is 3.19. The van der Waals surface area contributed by atoms with Crippen LogP contribution in [0.1, 0.15) is 5.56 Å². The van der Waals surface area contributed by atoms with E-state index in [-0.39, 0.29) is 0 Å². The smallest absolute Gasteiger partial charge is 0.150 e. The van der Waals surface area contributed by atoms with E-state index in [9.17, 15) is 0 Å². The number of hydrogen-bond donors (Lipinski definition) is 1. The summed E-state index contributed by atoms with van der Waals surface area (Å²) in [5, 5.41) is 1.95. The van der Waals surface area contributed by atoms with Gasteiger partial charge in [-0.15, -0.1) is 0 Å². The molecule has 3 nitrogen and oxygen atoms in total. The number of pyridine rings is 1. The van der Waals surface area contributed by atoms with Gasteiger partial charge < -0.3 is 10.5 Å². The minimum Gasteiger partial charge on any atom is -0.455 e. The number of ether oxygens (including phenoxy) is 1. The maximum Gasteiger partial charge on any atom is 0.150 e. The summed E-state index contributed by atoms with van der Waals surface area (Å²) in [7, 11) is 0. The van der Waals surface area contributed by atoms with Crippen LogP contribution in [-0.2, 0) is 0 Å². The van der Waals surface area contributed by atoms with Crippen LogP contribution in [0.4, 0.5) is 5.69 Å². The fourth-order valence-corrected chi connectivity index (χ4v) is 2.40. The Bertz CT molecular complexity index is 787. The summed E-state index contributed by atoms with van der Waals surface area (Å²) in [6, 6.07) is 11.6. The molecule has 0 bridgehead atoms. The van der Waals surface area contributed by atoms with Crippen LogP contribution in [0.2, 0.25) is 0 Å². The molecule has 0 atom stereocenters. The Kier molecular flexibility index (Phi) is 3.32. The van der Waals surface area contributed by atoms with Gasteiger partial charge in [-0.3, -0.25) is 4.98 Å². The van der Waals surface area contributed by atoms with E-state index in [1.807, 2.05) is 43.3 Å². The molecule has 0 spiro atoms. The second-order valence-electron chi connectivity index (χ2n) is 4.59. The number of hydrogen-bond acceptors (Lipinski definition) is 3. The summed E-state index contributed by atoms with van der Waals surface area (Å²) >= 11 is 3.45. The summed E-state index contributed by atoms with van der Waals surface area (Å²) in [6.45, 7) is 2.00. The van der Waals surface area contributed by atoms with E-state index in [1.54, 1.807) is 12.4 Å². The highest BCUT2D eigenvalue weighted by Gasteiger charge is 2.08. The van der Waals surface area contributed by atoms with E-state index in [0.717, 1.165) is 26.6 Å². The highest BCUT2D eigenvalue weighted by atomic mass is 79.9. The number of fused-ring (bicyclic) bond motifs is 1. The average Bonchev–Trinajstić information content (AvgIpc) is 2.46. The van der Waals surface area contributed by atoms with Gasteiger partial charge in [0.05, 0.1) is 5.69 Å². The summed E-state index contributed by atoms with van der Waals surface area (Å²) in [4.78, 5) is 4.09. The molecule has 0 amide bonds. The normalized spacial score (nSPS) is 10.7. The van der Waals surface area contributed by atoms with Crippen LogP contribution < -0.4 is 10.5 Å². The van der Waals surface area contributed by atoms with Gasteiger partial charge in [0.25, 0.3) is 0 Å². The lowest BCUT2D eigenvalue weighted by Gasteiger charge is -2.12. The van der Waals surface area contributed by atoms with Gasteiger partial charge in [-0.05, 0) is 42.8 Å². The first-order valence-electron chi connectivity index (χ1n) is 6.21. The van der Waals surface area contributed by atoms with E-state index in [1.165, 1.54) is 0 Å². The second kappa shape index (κ2) is 5.13. The Morgan fingerprint density at radius 1 is 1.10 bits per heavy atom. The Labute approximate surface area is 125 Å². The zero-order valence-corrected chi connectivity index (χ0v) is 12.5. The molecule has 0 aliphatic carbocycles. The maximum absolute atomic E-state index is 6.19. The van der Waals surface area contributed by atoms with Crippen molar-refractivity contribution in [2.24, 2.45) is 0 Å². The summed E-state index contributed by atoms with van der Waals surface area (Å²) in [5.41, 5.74) is 7.88. The highest BCUT2D eigenvalue weighted by Crippen LogP contribution is 2.35. The highest BCUT2D eigenvalue weighted by molar-refractivity contribution is 9.10. The van der Waals surface area contributed by atoms with Crippen molar-refractivity contribution in [1.29, 1.82) is 0 Å². The van der Waals surface area contributed by atoms with Gasteiger partial charge in [-0.2, -0.15) is 0 Å². The molecule has 100 valence electrons. The van der Waals surface area contributed by atoms with E-state index in [0.29, 0.717) is 11.4 Å². The predicted octanol–water partition coefficient (Wildman–Crippen LogP) is 4.68. The van der Waals surface area contributed by atoms with E-state index >= 15 is 0 Å². The van der Waals surface area contributed by atoms with Crippen LogP contribution in [0.3, 0.4) is 0 Å². The molecule has 2 aromatic carbocycles. The molecule has 0 aliphatic rings. The number of nitrogen functional groups attached to an aromatic ring is 1. The zero-order chi connectivity index (χ0) is 14.1. The zero-order valence-electron chi connectivity index (χ0n) is 10.9. The monoisotopic (exact) mass is 328 g/mol. The molecule has 2 N–H and O–H groups in total. The topological polar surface area (TPSA) is 48.1 Å². The number of aromatic nitrogens is 1. The molecular weight excluding hydrogens is 316 g/mol. The minimum absolute atomic E-state index is 0.629. The number of nitrogens with two attached hydrogens (primary N) is 1. The number of benzene rings is 2. The molecule has 3 rings (SSSR count). The predicted molar refractivity (Wildman–Crippen MR) is 85.1 cm³/mol. The lowest BCUT2D eigenvalue weighted by Crippen LogP contribution is -1.95. The molecule has 4 heteroatoms. The third kappa shape index (κ3) is 2.34. The molecule has 0 radical (unpaired) electrons. The van der Waals surface area contributed by atoms with Crippen molar-refractivity contribution in [2.75, 3.05) is 5.73 Å². The SMILES string of the molecule is Cc1ccc(Br)cc1Oc1ccc2cnccc2c1N. The van der Waals surface area contributed by atoms with Crippen LogP contribution in [0.5, 0.6) is 11.5 Å². The first-order chi connectivity index (χ1) is 9.65. The van der Waals surface area contributed by atoms with Gasteiger partial charge in [-0.1, -0.05) is 22.0 Å². The molecule has 0 aliphatic heterocycles. The first-order valence-corrected chi connectivity index (χ1v) is 7.00. The van der Waals surface area contributed by atoms with E-state index in [2.05, 4.69) is 20.9 Å². The summed E-state index contributed by atoms with van der Waals surface area (Å²) in [6.07, 6.45) is 3.52. The van der Waals surface area contributed by atoms with E-state index in [4.69, 9.17) is 10.5 Å². The van der Waals surface area contributed by atoms with Crippen molar-refractivity contribution in [2.45, 2.75) is 6.92 Å². The fourth-order valence-electron chi connectivity index (χ4n) is 2.06. The number of anilines is 1. The van der Waals surface area contributed by atoms with Crippen molar-refractivity contribution < 1.29 is 4.74 Å². The van der Waals surface area contributed by atoms with Crippen LogP contribution in [0, 0.1) is 6.92 Å². The van der Waals surface area contributed by atoms with Crippen molar-refractivity contribution in [3.63, 3.8) is 0 Å². The Hall–Kier alpha value is -2.07. The van der Waals surface area contributed by atoms with Gasteiger partial charge >= 0.3 is 0 Å². The summed E-state index contributed by atoms with van der Waals surface area (Å²) < 4.78 is 6.93. The average molecular weight is 329 g/mol. The summed E-state index contributed by atoms with van der Waals surface area (Å²) in [5.74, 6) is 1.45. The van der Waals surface area contributed by atoms with Gasteiger partial charge in [0.1, 0.15) is 5.75 Å². The fraction of sp³-hybridized carbons (Fsp3) is 0.0625. The van der Waals surface area contributed by atoms with Crippen LogP contribution in [0.25, 0.3) is 10.8 Å². The molecule has 0 saturated carbocycles. The Morgan fingerprint density at radius 2 is 1.95 bits per heavy atom. The lowest BCUT2D eigenvalue weighted by atomic mass is 10.1. The van der Waals surface area contributed by atoms with Crippen molar-refractivity contribution in [3.8, 4) is 11.5 Å². The standard InChI is InChI=1S/C16H13BrN2O/c1-10-2-4-12(17)8-15(10)20-14-5-3-11-9-19-7-6-13(11)16(14)18/h2-9H,18H2,1H3. The number of aryl methyl sites for hydroxylation is 1. The largest absolute Gasteiger partial charge is 0.455 e. The van der Waals surface area contributed by atoms with Crippen molar-refractivity contribution in [3.05, 3.63) is 58.8 Å². The number of halogens is 1. The minimum atomic E-state index is 0.629. The van der Waals surface area contributed by atoms with Gasteiger partial charge in [0, 0.05) is 27.6 Å². The van der Waals surface area contributed by atoms with Gasteiger partial charge in [-0.25, -0.2) is 0 Å². The molecule has 0 fully saturated rings. The number of rotatable bonds is 2. The molecule has 0 unspecified atom stereocenters. The molecule has 20 heavy (non-hydrogen) atoms. The molecular formula is C16H13BrN2O.